The van der Waals surface area contributed by atoms with Crippen LogP contribution in [0, 0.1) is 5.92 Å². The molecule has 5 heteroatoms. The van der Waals surface area contributed by atoms with E-state index in [0.717, 1.165) is 36.9 Å². The Hall–Kier alpha value is -1.88. The molecule has 126 valence electrons. The number of ether oxygens (including phenoxy) is 1. The molecular formula is C19H22N2O3. The van der Waals surface area contributed by atoms with Crippen molar-refractivity contribution in [3.05, 3.63) is 29.8 Å². The number of ketones is 1. The zero-order valence-electron chi connectivity index (χ0n) is 13.6. The number of rotatable bonds is 2. The van der Waals surface area contributed by atoms with Gasteiger partial charge in [0.1, 0.15) is 17.8 Å². The third kappa shape index (κ3) is 2.18. The van der Waals surface area contributed by atoms with Crippen molar-refractivity contribution in [3.63, 3.8) is 0 Å². The fourth-order valence-corrected chi connectivity index (χ4v) is 5.16. The Balaban J connectivity index is 1.27. The van der Waals surface area contributed by atoms with Crippen molar-refractivity contribution >= 4 is 17.4 Å². The highest BCUT2D eigenvalue weighted by Crippen LogP contribution is 2.42. The molecule has 0 amide bonds. The van der Waals surface area contributed by atoms with Crippen molar-refractivity contribution in [2.75, 3.05) is 18.4 Å². The molecule has 5 nitrogen and oxygen atoms in total. The van der Waals surface area contributed by atoms with E-state index in [2.05, 4.69) is 10.2 Å². The van der Waals surface area contributed by atoms with Gasteiger partial charge in [-0.3, -0.25) is 14.5 Å². The van der Waals surface area contributed by atoms with Gasteiger partial charge in [-0.05, 0) is 24.5 Å². The van der Waals surface area contributed by atoms with Gasteiger partial charge in [0.15, 0.2) is 0 Å². The summed E-state index contributed by atoms with van der Waals surface area (Å²) in [6.07, 6.45) is 3.68. The molecule has 5 aliphatic heterocycles. The monoisotopic (exact) mass is 326 g/mol. The number of nitrogens with one attached hydrogen (secondary N) is 1. The molecule has 1 unspecified atom stereocenters. The lowest BCUT2D eigenvalue weighted by Gasteiger charge is -2.54. The van der Waals surface area contributed by atoms with Gasteiger partial charge < -0.3 is 10.1 Å². The maximum atomic E-state index is 12.7. The van der Waals surface area contributed by atoms with Crippen LogP contribution in [0.5, 0.6) is 0 Å². The lowest BCUT2D eigenvalue weighted by molar-refractivity contribution is -0.163. The first-order valence-corrected chi connectivity index (χ1v) is 9.01. The predicted molar refractivity (Wildman–Crippen MR) is 88.8 cm³/mol. The molecule has 5 heterocycles. The minimum absolute atomic E-state index is 0.00524. The molecule has 4 fully saturated rings. The molecule has 1 aromatic carbocycles. The van der Waals surface area contributed by atoms with Crippen LogP contribution < -0.4 is 5.32 Å². The topological polar surface area (TPSA) is 58.6 Å². The second kappa shape index (κ2) is 5.31. The Morgan fingerprint density at radius 3 is 2.62 bits per heavy atom. The number of anilines is 1. The first-order chi connectivity index (χ1) is 11.7. The average Bonchev–Trinajstić information content (AvgIpc) is 2.99. The number of esters is 1. The van der Waals surface area contributed by atoms with E-state index in [1.807, 2.05) is 24.3 Å². The van der Waals surface area contributed by atoms with Crippen LogP contribution in [0.2, 0.25) is 0 Å². The molecule has 0 aliphatic carbocycles. The van der Waals surface area contributed by atoms with Gasteiger partial charge >= 0.3 is 5.97 Å². The highest BCUT2D eigenvalue weighted by Gasteiger charge is 2.49. The van der Waals surface area contributed by atoms with Gasteiger partial charge in [0.05, 0.1) is 6.54 Å². The van der Waals surface area contributed by atoms with Crippen molar-refractivity contribution in [3.8, 4) is 0 Å². The van der Waals surface area contributed by atoms with E-state index in [1.54, 1.807) is 0 Å². The van der Waals surface area contributed by atoms with Gasteiger partial charge in [0, 0.05) is 43.1 Å². The van der Waals surface area contributed by atoms with Crippen LogP contribution in [0.25, 0.3) is 0 Å². The number of fused-ring (bicyclic) bond motifs is 2. The van der Waals surface area contributed by atoms with Gasteiger partial charge in [-0.2, -0.15) is 0 Å². The van der Waals surface area contributed by atoms with Crippen molar-refractivity contribution in [1.29, 1.82) is 0 Å². The van der Waals surface area contributed by atoms with Crippen molar-refractivity contribution in [1.82, 2.24) is 4.90 Å². The number of carbonyl (C=O) groups excluding carboxylic acids is 2. The van der Waals surface area contributed by atoms with Crippen LogP contribution in [0.4, 0.5) is 5.69 Å². The van der Waals surface area contributed by atoms with Crippen molar-refractivity contribution in [2.45, 2.75) is 49.8 Å². The average molecular weight is 326 g/mol. The van der Waals surface area contributed by atoms with Crippen LogP contribution >= 0.6 is 0 Å². The van der Waals surface area contributed by atoms with Gasteiger partial charge in [-0.1, -0.05) is 18.2 Å². The number of hydrogen-bond donors (Lipinski definition) is 1. The summed E-state index contributed by atoms with van der Waals surface area (Å²) >= 11 is 0. The molecule has 3 atom stereocenters. The maximum Gasteiger partial charge on any atom is 0.315 e. The van der Waals surface area contributed by atoms with E-state index in [0.29, 0.717) is 31.0 Å². The molecule has 0 spiro atoms. The van der Waals surface area contributed by atoms with Crippen LogP contribution in [0.15, 0.2) is 24.3 Å². The third-order valence-corrected chi connectivity index (χ3v) is 6.32. The highest BCUT2D eigenvalue weighted by molar-refractivity contribution is 5.85. The fourth-order valence-electron chi connectivity index (χ4n) is 5.16. The largest absolute Gasteiger partial charge is 0.462 e. The minimum atomic E-state index is -0.193. The highest BCUT2D eigenvalue weighted by atomic mass is 16.5. The molecule has 0 aromatic heterocycles. The molecule has 1 N–H and O–H groups in total. The maximum absolute atomic E-state index is 12.7. The number of Topliss-reactive ketones (excluding diaryl/α,β-unsaturated/α-hetero) is 1. The van der Waals surface area contributed by atoms with Crippen LogP contribution in [0.3, 0.4) is 0 Å². The smallest absolute Gasteiger partial charge is 0.315 e. The molecule has 0 saturated carbocycles. The number of carbonyl (C=O) groups is 2. The molecular weight excluding hydrogens is 304 g/mol. The molecule has 4 bridgehead atoms. The van der Waals surface area contributed by atoms with Gasteiger partial charge in [-0.15, -0.1) is 0 Å². The summed E-state index contributed by atoms with van der Waals surface area (Å²) < 4.78 is 5.91. The van der Waals surface area contributed by atoms with Gasteiger partial charge in [-0.25, -0.2) is 0 Å². The number of nitrogens with zero attached hydrogens (tertiary/aromatic N) is 1. The Bertz CT molecular complexity index is 688. The second-order valence-electron chi connectivity index (χ2n) is 7.67. The zero-order valence-corrected chi connectivity index (χ0v) is 13.6. The van der Waals surface area contributed by atoms with Crippen LogP contribution in [-0.4, -0.2) is 47.9 Å². The third-order valence-electron chi connectivity index (χ3n) is 6.32. The number of para-hydroxylation sites is 1. The molecule has 6 rings (SSSR count). The van der Waals surface area contributed by atoms with E-state index < -0.39 is 0 Å². The van der Waals surface area contributed by atoms with E-state index >= 15 is 0 Å². The number of piperidine rings is 4. The van der Waals surface area contributed by atoms with Gasteiger partial charge in [0.2, 0.25) is 0 Å². The Morgan fingerprint density at radius 2 is 1.88 bits per heavy atom. The summed E-state index contributed by atoms with van der Waals surface area (Å²) in [7, 11) is 0. The Labute approximate surface area is 141 Å². The lowest BCUT2D eigenvalue weighted by Crippen LogP contribution is -2.63. The van der Waals surface area contributed by atoms with Crippen LogP contribution in [0.1, 0.15) is 37.2 Å². The zero-order chi connectivity index (χ0) is 16.3. The predicted octanol–water partition coefficient (Wildman–Crippen LogP) is 1.93. The molecule has 5 aliphatic rings. The number of benzene rings is 1. The molecule has 24 heavy (non-hydrogen) atoms. The molecule has 4 saturated heterocycles. The lowest BCUT2D eigenvalue weighted by atomic mass is 9.72. The summed E-state index contributed by atoms with van der Waals surface area (Å²) in [6.45, 7) is 1.24. The SMILES string of the molecule is O=C1CN2[C@@H]3CC(OC(=O)C4CNc5ccccc54)C[C@@H]2CC1C3. The van der Waals surface area contributed by atoms with Crippen molar-refractivity contribution in [2.24, 2.45) is 5.92 Å². The summed E-state index contributed by atoms with van der Waals surface area (Å²) in [6, 6.07) is 8.81. The van der Waals surface area contributed by atoms with Gasteiger partial charge in [0.25, 0.3) is 0 Å². The second-order valence-corrected chi connectivity index (χ2v) is 7.67. The number of hydrogen-bond acceptors (Lipinski definition) is 5. The minimum Gasteiger partial charge on any atom is -0.462 e. The molecule has 1 aromatic rings. The summed E-state index contributed by atoms with van der Waals surface area (Å²) in [5.74, 6) is 0.370. The van der Waals surface area contributed by atoms with E-state index in [1.165, 1.54) is 0 Å². The standard InChI is InChI=1S/C19H22N2O3/c22-18-10-21-12-5-11(18)6-13(21)8-14(7-12)24-19(23)16-9-20-17-4-2-1-3-15(16)17/h1-4,11-14,16,20H,5-10H2/t11?,12-,13-,14?,16?/m0/s1. The van der Waals surface area contributed by atoms with E-state index in [4.69, 9.17) is 4.74 Å². The first-order valence-electron chi connectivity index (χ1n) is 9.01. The summed E-state index contributed by atoms with van der Waals surface area (Å²) in [4.78, 5) is 26.9. The Morgan fingerprint density at radius 1 is 1.12 bits per heavy atom. The Kier molecular flexibility index (Phi) is 3.20. The fraction of sp³-hybridized carbons (Fsp3) is 0.579. The van der Waals surface area contributed by atoms with E-state index in [9.17, 15) is 9.59 Å². The summed E-state index contributed by atoms with van der Waals surface area (Å²) in [5.41, 5.74) is 2.09. The van der Waals surface area contributed by atoms with Crippen LogP contribution in [-0.2, 0) is 14.3 Å². The van der Waals surface area contributed by atoms with Crippen molar-refractivity contribution < 1.29 is 14.3 Å². The quantitative estimate of drug-likeness (QED) is 0.842. The van der Waals surface area contributed by atoms with E-state index in [-0.39, 0.29) is 23.9 Å². The normalized spacial score (nSPS) is 39.2. The first kappa shape index (κ1) is 14.5. The summed E-state index contributed by atoms with van der Waals surface area (Å²) in [5, 5.41) is 3.29. The molecule has 0 radical (unpaired) electrons.